The van der Waals surface area contributed by atoms with E-state index in [0.29, 0.717) is 6.61 Å². The first kappa shape index (κ1) is 19.9. The lowest BCUT2D eigenvalue weighted by Gasteiger charge is -2.32. The van der Waals surface area contributed by atoms with Crippen molar-refractivity contribution >= 4 is 17.5 Å². The molecule has 1 atom stereocenters. The number of aliphatic hydroxyl groups is 1. The Hall–Kier alpha value is -1.82. The Kier molecular flexibility index (Phi) is 7.33. The van der Waals surface area contributed by atoms with Gasteiger partial charge >= 0.3 is 0 Å². The second-order valence-corrected chi connectivity index (χ2v) is 7.71. The van der Waals surface area contributed by atoms with Gasteiger partial charge in [-0.05, 0) is 49.4 Å². The van der Waals surface area contributed by atoms with Gasteiger partial charge in [0.25, 0.3) is 0 Å². The predicted octanol–water partition coefficient (Wildman–Crippen LogP) is 3.87. The van der Waals surface area contributed by atoms with Crippen molar-refractivity contribution in [3.8, 4) is 5.75 Å². The summed E-state index contributed by atoms with van der Waals surface area (Å²) in [7, 11) is 0. The number of hydrogen-bond donors (Lipinski definition) is 1. The van der Waals surface area contributed by atoms with Gasteiger partial charge in [-0.25, -0.2) is 0 Å². The molecule has 1 saturated heterocycles. The van der Waals surface area contributed by atoms with Crippen LogP contribution in [0, 0.1) is 5.92 Å². The molecule has 1 aliphatic heterocycles. The number of benzene rings is 2. The molecule has 27 heavy (non-hydrogen) atoms. The van der Waals surface area contributed by atoms with E-state index in [4.69, 9.17) is 9.84 Å². The molecule has 2 aromatic carbocycles. The summed E-state index contributed by atoms with van der Waals surface area (Å²) in [6.45, 7) is 2.93. The molecule has 4 nitrogen and oxygen atoms in total. The van der Waals surface area contributed by atoms with Gasteiger partial charge in [0, 0.05) is 29.5 Å². The fourth-order valence-electron chi connectivity index (χ4n) is 3.64. The Morgan fingerprint density at radius 1 is 1.26 bits per heavy atom. The maximum absolute atomic E-state index is 13.1. The molecule has 0 spiro atoms. The number of thioether (sulfide) groups is 1. The molecule has 0 aliphatic carbocycles. The minimum atomic E-state index is 0.0116. The zero-order valence-corrected chi connectivity index (χ0v) is 16.6. The smallest absolute Gasteiger partial charge is 0.168 e. The van der Waals surface area contributed by atoms with E-state index < -0.39 is 0 Å². The molecule has 2 aromatic rings. The van der Waals surface area contributed by atoms with Crippen LogP contribution in [0.5, 0.6) is 5.75 Å². The zero-order valence-electron chi connectivity index (χ0n) is 15.8. The third kappa shape index (κ3) is 5.34. The lowest BCUT2D eigenvalue weighted by atomic mass is 9.89. The maximum atomic E-state index is 13.1. The number of carbonyl (C=O) groups excluding carboxylic acids is 1. The van der Waals surface area contributed by atoms with E-state index in [1.165, 1.54) is 5.56 Å². The molecule has 1 N–H and O–H groups in total. The fourth-order valence-corrected chi connectivity index (χ4v) is 4.24. The molecule has 0 saturated carbocycles. The molecule has 0 amide bonds. The second kappa shape index (κ2) is 9.93. The van der Waals surface area contributed by atoms with Crippen molar-refractivity contribution in [2.24, 2.45) is 5.92 Å². The van der Waals surface area contributed by atoms with Crippen molar-refractivity contribution in [3.05, 3.63) is 59.7 Å². The largest absolute Gasteiger partial charge is 0.491 e. The van der Waals surface area contributed by atoms with Gasteiger partial charge in [-0.3, -0.25) is 9.69 Å². The number of hydrogen-bond acceptors (Lipinski definition) is 5. The number of aliphatic hydroxyl groups excluding tert-OH is 1. The molecule has 1 fully saturated rings. The highest BCUT2D eigenvalue weighted by atomic mass is 32.2. The molecule has 0 bridgehead atoms. The van der Waals surface area contributed by atoms with Crippen LogP contribution in [0.1, 0.15) is 28.8 Å². The van der Waals surface area contributed by atoms with Gasteiger partial charge < -0.3 is 9.84 Å². The molecule has 0 aromatic heterocycles. The Balaban J connectivity index is 1.65. The molecule has 144 valence electrons. The lowest BCUT2D eigenvalue weighted by molar-refractivity contribution is 0.0808. The van der Waals surface area contributed by atoms with Crippen LogP contribution in [-0.4, -0.2) is 48.3 Å². The van der Waals surface area contributed by atoms with Crippen molar-refractivity contribution < 1.29 is 14.6 Å². The van der Waals surface area contributed by atoms with Crippen LogP contribution in [0.15, 0.2) is 53.4 Å². The summed E-state index contributed by atoms with van der Waals surface area (Å²) in [5.41, 5.74) is 2.03. The van der Waals surface area contributed by atoms with Crippen LogP contribution >= 0.6 is 11.8 Å². The van der Waals surface area contributed by atoms with Crippen molar-refractivity contribution in [1.82, 2.24) is 4.90 Å². The molecular formula is C22H27NO3S. The van der Waals surface area contributed by atoms with Gasteiger partial charge in [-0.15, -0.1) is 11.8 Å². The number of ketones is 1. The molecule has 5 heteroatoms. The minimum absolute atomic E-state index is 0.0116. The summed E-state index contributed by atoms with van der Waals surface area (Å²) in [6.07, 6.45) is 4.02. The molecule has 1 aliphatic rings. The standard InChI is InChI=1S/C22H27NO3S/c1-27-21-10-3-2-9-20(21)22(25)18-7-5-11-23(16-18)15-17-6-4-8-19(14-17)26-13-12-24/h2-4,6,8-10,14,18,24H,5,7,11-13,15-16H2,1H3. The maximum Gasteiger partial charge on any atom is 0.168 e. The summed E-state index contributed by atoms with van der Waals surface area (Å²) in [5.74, 6) is 1.10. The van der Waals surface area contributed by atoms with Crippen LogP contribution in [0.25, 0.3) is 0 Å². The van der Waals surface area contributed by atoms with E-state index in [2.05, 4.69) is 11.0 Å². The highest BCUT2D eigenvalue weighted by Gasteiger charge is 2.27. The van der Waals surface area contributed by atoms with Gasteiger partial charge in [-0.1, -0.05) is 30.3 Å². The number of Topliss-reactive ketones (excluding diaryl/α,β-unsaturated/α-hetero) is 1. The number of ether oxygens (including phenoxy) is 1. The first-order valence-electron chi connectivity index (χ1n) is 9.43. The van der Waals surface area contributed by atoms with Crippen LogP contribution in [-0.2, 0) is 6.54 Å². The molecule has 3 rings (SSSR count). The fraction of sp³-hybridized carbons (Fsp3) is 0.409. The number of carbonyl (C=O) groups is 1. The van der Waals surface area contributed by atoms with Crippen LogP contribution in [0.4, 0.5) is 0 Å². The second-order valence-electron chi connectivity index (χ2n) is 6.86. The Labute approximate surface area is 165 Å². The highest BCUT2D eigenvalue weighted by molar-refractivity contribution is 7.98. The Bertz CT molecular complexity index is 765. The van der Waals surface area contributed by atoms with Crippen molar-refractivity contribution in [2.75, 3.05) is 32.6 Å². The van der Waals surface area contributed by atoms with Crippen molar-refractivity contribution in [2.45, 2.75) is 24.3 Å². The first-order valence-corrected chi connectivity index (χ1v) is 10.7. The van der Waals surface area contributed by atoms with Crippen LogP contribution in [0.2, 0.25) is 0 Å². The summed E-state index contributed by atoms with van der Waals surface area (Å²) >= 11 is 1.63. The number of rotatable bonds is 8. The number of nitrogens with zero attached hydrogens (tertiary/aromatic N) is 1. The average molecular weight is 386 g/mol. The summed E-state index contributed by atoms with van der Waals surface area (Å²) in [4.78, 5) is 16.5. The average Bonchev–Trinajstić information content (AvgIpc) is 2.72. The molecule has 1 heterocycles. The predicted molar refractivity (Wildman–Crippen MR) is 110 cm³/mol. The highest BCUT2D eigenvalue weighted by Crippen LogP contribution is 2.27. The zero-order chi connectivity index (χ0) is 19.1. The topological polar surface area (TPSA) is 49.8 Å². The van der Waals surface area contributed by atoms with Crippen LogP contribution in [0.3, 0.4) is 0 Å². The molecular weight excluding hydrogens is 358 g/mol. The summed E-state index contributed by atoms with van der Waals surface area (Å²) in [5, 5.41) is 8.90. The van der Waals surface area contributed by atoms with Gasteiger partial charge in [0.05, 0.1) is 6.61 Å². The van der Waals surface area contributed by atoms with E-state index in [-0.39, 0.29) is 18.3 Å². The van der Waals surface area contributed by atoms with Crippen molar-refractivity contribution in [1.29, 1.82) is 0 Å². The minimum Gasteiger partial charge on any atom is -0.491 e. The van der Waals surface area contributed by atoms with Crippen molar-refractivity contribution in [3.63, 3.8) is 0 Å². The number of likely N-dealkylation sites (tertiary alicyclic amines) is 1. The lowest BCUT2D eigenvalue weighted by Crippen LogP contribution is -2.38. The van der Waals surface area contributed by atoms with E-state index in [0.717, 1.165) is 48.7 Å². The monoisotopic (exact) mass is 385 g/mol. The number of piperidine rings is 1. The summed E-state index contributed by atoms with van der Waals surface area (Å²) in [6, 6.07) is 15.9. The SMILES string of the molecule is CSc1ccccc1C(=O)C1CCCN(Cc2cccc(OCCO)c2)C1. The normalized spacial score (nSPS) is 17.6. The third-order valence-electron chi connectivity index (χ3n) is 4.91. The quantitative estimate of drug-likeness (QED) is 0.552. The van der Waals surface area contributed by atoms with E-state index in [1.807, 2.05) is 48.7 Å². The van der Waals surface area contributed by atoms with Gasteiger partial charge in [0.2, 0.25) is 0 Å². The molecule has 0 radical (unpaired) electrons. The Morgan fingerprint density at radius 3 is 2.93 bits per heavy atom. The van der Waals surface area contributed by atoms with E-state index >= 15 is 0 Å². The molecule has 1 unspecified atom stereocenters. The van der Waals surface area contributed by atoms with Crippen LogP contribution < -0.4 is 4.74 Å². The van der Waals surface area contributed by atoms with E-state index in [1.54, 1.807) is 11.8 Å². The van der Waals surface area contributed by atoms with E-state index in [9.17, 15) is 4.79 Å². The van der Waals surface area contributed by atoms with Gasteiger partial charge in [-0.2, -0.15) is 0 Å². The first-order chi connectivity index (χ1) is 13.2. The third-order valence-corrected chi connectivity index (χ3v) is 5.71. The summed E-state index contributed by atoms with van der Waals surface area (Å²) < 4.78 is 5.50. The van der Waals surface area contributed by atoms with Gasteiger partial charge in [0.15, 0.2) is 5.78 Å². The van der Waals surface area contributed by atoms with Gasteiger partial charge in [0.1, 0.15) is 12.4 Å². The Morgan fingerprint density at radius 2 is 2.11 bits per heavy atom.